The van der Waals surface area contributed by atoms with Gasteiger partial charge in [-0.2, -0.15) is 0 Å². The topological polar surface area (TPSA) is 60.9 Å². The molecule has 1 aromatic carbocycles. The minimum absolute atomic E-state index is 0.397. The van der Waals surface area contributed by atoms with E-state index in [-0.39, 0.29) is 0 Å². The number of nitrogens with two attached hydrogens (primary N) is 1. The summed E-state index contributed by atoms with van der Waals surface area (Å²) in [6, 6.07) is 9.64. The fraction of sp³-hybridized carbons (Fsp3) is 0.125. The Bertz CT molecular complexity index is 775. The van der Waals surface area contributed by atoms with Crippen molar-refractivity contribution in [3.63, 3.8) is 0 Å². The number of hydrogen-bond donors (Lipinski definition) is 1. The highest BCUT2D eigenvalue weighted by Crippen LogP contribution is 2.24. The normalized spacial score (nSPS) is 10.7. The highest BCUT2D eigenvalue weighted by atomic mass is 32.1. The summed E-state index contributed by atoms with van der Waals surface area (Å²) in [5.74, 6) is 0.565. The predicted molar refractivity (Wildman–Crippen MR) is 84.3 cm³/mol. The molecule has 0 aliphatic rings. The molecule has 0 radical (unpaired) electrons. The van der Waals surface area contributed by atoms with Gasteiger partial charge in [-0.15, -0.1) is 11.3 Å². The molecule has 2 aromatic heterocycles. The Balaban J connectivity index is 1.91. The van der Waals surface area contributed by atoms with Crippen LogP contribution in [-0.2, 0) is 6.54 Å². The van der Waals surface area contributed by atoms with Crippen molar-refractivity contribution in [2.45, 2.75) is 13.5 Å². The van der Waals surface area contributed by atoms with Crippen LogP contribution in [0.15, 0.2) is 48.1 Å². The Morgan fingerprint density at radius 3 is 2.90 bits per heavy atom. The summed E-state index contributed by atoms with van der Waals surface area (Å²) in [6.07, 6.45) is 3.78. The molecule has 5 heteroatoms. The summed E-state index contributed by atoms with van der Waals surface area (Å²) in [7, 11) is 0. The van der Waals surface area contributed by atoms with Gasteiger partial charge in [0.1, 0.15) is 5.82 Å². The maximum Gasteiger partial charge on any atom is 0.248 e. The minimum Gasteiger partial charge on any atom is -0.366 e. The molecule has 106 valence electrons. The van der Waals surface area contributed by atoms with Gasteiger partial charge in [-0.3, -0.25) is 4.79 Å². The van der Waals surface area contributed by atoms with Gasteiger partial charge in [0.15, 0.2) is 0 Å². The van der Waals surface area contributed by atoms with E-state index < -0.39 is 5.91 Å². The maximum absolute atomic E-state index is 11.2. The van der Waals surface area contributed by atoms with Crippen LogP contribution in [0.2, 0.25) is 0 Å². The number of aromatic nitrogens is 2. The molecule has 2 heterocycles. The molecule has 3 aromatic rings. The number of aryl methyl sites for hydroxylation is 1. The molecule has 0 saturated carbocycles. The average molecular weight is 297 g/mol. The van der Waals surface area contributed by atoms with Gasteiger partial charge in [0, 0.05) is 24.5 Å². The van der Waals surface area contributed by atoms with Crippen LogP contribution in [0.1, 0.15) is 21.5 Å². The fourth-order valence-corrected chi connectivity index (χ4v) is 3.01. The summed E-state index contributed by atoms with van der Waals surface area (Å²) < 4.78 is 2.11. The zero-order valence-corrected chi connectivity index (χ0v) is 12.4. The van der Waals surface area contributed by atoms with Crippen molar-refractivity contribution < 1.29 is 4.79 Å². The van der Waals surface area contributed by atoms with E-state index in [0.29, 0.717) is 5.56 Å². The monoisotopic (exact) mass is 297 g/mol. The van der Waals surface area contributed by atoms with Crippen molar-refractivity contribution in [3.05, 3.63) is 64.8 Å². The van der Waals surface area contributed by atoms with E-state index in [1.54, 1.807) is 17.4 Å². The number of nitrogens with zero attached hydrogens (tertiary/aromatic N) is 2. The Kier molecular flexibility index (Phi) is 3.58. The lowest BCUT2D eigenvalue weighted by molar-refractivity contribution is 0.1000. The van der Waals surface area contributed by atoms with Crippen molar-refractivity contribution in [1.29, 1.82) is 0 Å². The molecule has 1 amide bonds. The molecule has 4 nitrogen and oxygen atoms in total. The third-order valence-electron chi connectivity index (χ3n) is 3.42. The lowest BCUT2D eigenvalue weighted by atomic mass is 10.0. The zero-order valence-electron chi connectivity index (χ0n) is 11.6. The minimum atomic E-state index is -0.397. The van der Waals surface area contributed by atoms with Crippen LogP contribution in [-0.4, -0.2) is 15.5 Å². The molecule has 0 saturated heterocycles. The second-order valence-corrected chi connectivity index (χ2v) is 5.81. The Labute approximate surface area is 126 Å². The van der Waals surface area contributed by atoms with Gasteiger partial charge in [-0.25, -0.2) is 4.98 Å². The van der Waals surface area contributed by atoms with Gasteiger partial charge in [0.2, 0.25) is 5.91 Å². The van der Waals surface area contributed by atoms with Crippen molar-refractivity contribution in [1.82, 2.24) is 9.55 Å². The second-order valence-electron chi connectivity index (χ2n) is 4.86. The number of thiophene rings is 1. The number of carbonyl (C=O) groups is 1. The molecular weight excluding hydrogens is 282 g/mol. The SMILES string of the molecule is Cc1cc(C(N)=O)ccc1Cn1ccnc1-c1cccs1. The third-order valence-corrected chi connectivity index (χ3v) is 4.29. The largest absolute Gasteiger partial charge is 0.366 e. The van der Waals surface area contributed by atoms with Gasteiger partial charge in [-0.05, 0) is 41.6 Å². The number of carbonyl (C=O) groups excluding carboxylic acids is 1. The molecule has 0 fully saturated rings. The summed E-state index contributed by atoms with van der Waals surface area (Å²) in [5, 5.41) is 2.04. The zero-order chi connectivity index (χ0) is 14.8. The molecule has 0 aliphatic carbocycles. The fourth-order valence-electron chi connectivity index (χ4n) is 2.28. The standard InChI is InChI=1S/C16H15N3OS/c1-11-9-12(15(17)20)4-5-13(11)10-19-7-6-18-16(19)14-3-2-8-21-14/h2-9H,10H2,1H3,(H2,17,20). The van der Waals surface area contributed by atoms with Gasteiger partial charge < -0.3 is 10.3 Å². The van der Waals surface area contributed by atoms with Gasteiger partial charge in [0.25, 0.3) is 0 Å². The number of amides is 1. The van der Waals surface area contributed by atoms with Crippen LogP contribution in [0.25, 0.3) is 10.7 Å². The molecule has 0 unspecified atom stereocenters. The predicted octanol–water partition coefficient (Wildman–Crippen LogP) is 3.07. The van der Waals surface area contributed by atoms with Crippen LogP contribution >= 0.6 is 11.3 Å². The summed E-state index contributed by atoms with van der Waals surface area (Å²) in [5.41, 5.74) is 8.05. The molecule has 3 rings (SSSR count). The van der Waals surface area contributed by atoms with E-state index in [9.17, 15) is 4.79 Å². The van der Waals surface area contributed by atoms with E-state index in [4.69, 9.17) is 5.73 Å². The van der Waals surface area contributed by atoms with Crippen LogP contribution in [0.3, 0.4) is 0 Å². The molecule has 0 aliphatic heterocycles. The van der Waals surface area contributed by atoms with Crippen molar-refractivity contribution in [3.8, 4) is 10.7 Å². The number of rotatable bonds is 4. The Morgan fingerprint density at radius 1 is 1.38 bits per heavy atom. The van der Waals surface area contributed by atoms with Crippen LogP contribution < -0.4 is 5.73 Å². The molecule has 0 bridgehead atoms. The van der Waals surface area contributed by atoms with Crippen molar-refractivity contribution >= 4 is 17.2 Å². The van der Waals surface area contributed by atoms with Gasteiger partial charge in [0.05, 0.1) is 4.88 Å². The quantitative estimate of drug-likeness (QED) is 0.804. The van der Waals surface area contributed by atoms with Crippen LogP contribution in [0.5, 0.6) is 0 Å². The summed E-state index contributed by atoms with van der Waals surface area (Å²) in [4.78, 5) is 16.8. The van der Waals surface area contributed by atoms with Crippen molar-refractivity contribution in [2.24, 2.45) is 5.73 Å². The molecule has 0 atom stereocenters. The summed E-state index contributed by atoms with van der Waals surface area (Å²) >= 11 is 1.67. The highest BCUT2D eigenvalue weighted by Gasteiger charge is 2.09. The van der Waals surface area contributed by atoms with Crippen molar-refractivity contribution in [2.75, 3.05) is 0 Å². The van der Waals surface area contributed by atoms with E-state index >= 15 is 0 Å². The third kappa shape index (κ3) is 2.73. The van der Waals surface area contributed by atoms with E-state index in [1.807, 2.05) is 42.9 Å². The lowest BCUT2D eigenvalue weighted by Gasteiger charge is -2.10. The first-order valence-corrected chi connectivity index (χ1v) is 7.47. The van der Waals surface area contributed by atoms with Crippen LogP contribution in [0.4, 0.5) is 0 Å². The first-order valence-electron chi connectivity index (χ1n) is 6.59. The Morgan fingerprint density at radius 2 is 2.24 bits per heavy atom. The van der Waals surface area contributed by atoms with Gasteiger partial charge >= 0.3 is 0 Å². The molecule has 2 N–H and O–H groups in total. The number of imidazole rings is 1. The van der Waals surface area contributed by atoms with E-state index in [1.165, 1.54) is 0 Å². The van der Waals surface area contributed by atoms with Gasteiger partial charge in [-0.1, -0.05) is 12.1 Å². The number of primary amides is 1. The van der Waals surface area contributed by atoms with Crippen LogP contribution in [0, 0.1) is 6.92 Å². The summed E-state index contributed by atoms with van der Waals surface area (Å²) in [6.45, 7) is 2.71. The highest BCUT2D eigenvalue weighted by molar-refractivity contribution is 7.13. The molecule has 21 heavy (non-hydrogen) atoms. The average Bonchev–Trinajstić information content (AvgIpc) is 3.11. The first kappa shape index (κ1) is 13.6. The first-order chi connectivity index (χ1) is 10.1. The molecular formula is C16H15N3OS. The molecule has 0 spiro atoms. The number of hydrogen-bond acceptors (Lipinski definition) is 3. The number of benzene rings is 1. The lowest BCUT2D eigenvalue weighted by Crippen LogP contribution is -2.11. The smallest absolute Gasteiger partial charge is 0.248 e. The second kappa shape index (κ2) is 5.54. The Hall–Kier alpha value is -2.40. The van der Waals surface area contributed by atoms with E-state index in [0.717, 1.165) is 28.4 Å². The maximum atomic E-state index is 11.2. The van der Waals surface area contributed by atoms with E-state index in [2.05, 4.69) is 15.6 Å².